The molecule has 8 rings (SSSR count). The van der Waals surface area contributed by atoms with Crippen LogP contribution >= 0.6 is 0 Å². The summed E-state index contributed by atoms with van der Waals surface area (Å²) in [6.45, 7) is 4.40. The molecular weight excluding hydrogens is 747 g/mol. The number of anilines is 1. The SMILES string of the molecule is CN(CC1CCN(C(=O)c2cnc3c(c2)CCC(=O)N3)CC1)C1CC(C(=O)N2CCC([C@@H]3CCN=C(/C(C(N)=O)=C(\N)c4ccc(Oc5ccccc5)cc4)N3)CC2)C1. The third kappa shape index (κ3) is 9.12. The van der Waals surface area contributed by atoms with E-state index < -0.39 is 5.91 Å². The van der Waals surface area contributed by atoms with Crippen molar-refractivity contribution in [2.75, 3.05) is 51.6 Å². The standard InChI is InChI=1S/C45H55N9O5/c1-52(27-28-14-19-53(20-15-28)45(58)33-23-31-9-12-38(55)51-42(31)49-26-33)34-24-32(25-34)44(57)54-21-16-29(17-22-54)37-13-18-48-43(50-37)39(41(47)56)40(46)30-7-10-36(11-8-30)59-35-5-3-2-4-6-35/h2-8,10-11,23,26,28-29,32,34,37H,9,12-22,24-25,27,46H2,1H3,(H2,47,56)(H,48,50)(H,49,51,55)/b40-39-/t32?,34?,37-/m0/s1. The molecule has 2 saturated heterocycles. The number of ether oxygens (including phenoxy) is 1. The molecule has 4 amide bonds. The number of aryl methyl sites for hydroxylation is 1. The van der Waals surface area contributed by atoms with E-state index in [2.05, 4.69) is 32.6 Å². The van der Waals surface area contributed by atoms with Crippen molar-refractivity contribution in [2.45, 2.75) is 69.9 Å². The molecule has 2 aromatic carbocycles. The van der Waals surface area contributed by atoms with Crippen molar-refractivity contribution in [1.82, 2.24) is 25.0 Å². The van der Waals surface area contributed by atoms with Crippen LogP contribution in [-0.4, -0.2) is 108 Å². The van der Waals surface area contributed by atoms with Gasteiger partial charge in [0, 0.05) is 69.9 Å². The second-order valence-corrected chi connectivity index (χ2v) is 16.8. The van der Waals surface area contributed by atoms with Crippen LogP contribution in [0.25, 0.3) is 5.70 Å². The number of nitrogens with zero attached hydrogens (tertiary/aromatic N) is 5. The van der Waals surface area contributed by atoms with Crippen molar-refractivity contribution in [3.8, 4) is 11.5 Å². The van der Waals surface area contributed by atoms with Crippen molar-refractivity contribution in [3.05, 3.63) is 89.1 Å². The topological polar surface area (TPSA) is 189 Å². The highest BCUT2D eigenvalue weighted by Gasteiger charge is 2.41. The molecule has 310 valence electrons. The summed E-state index contributed by atoms with van der Waals surface area (Å²) in [6, 6.07) is 19.1. The first-order valence-electron chi connectivity index (χ1n) is 21.1. The molecule has 14 nitrogen and oxygen atoms in total. The van der Waals surface area contributed by atoms with Gasteiger partial charge in [-0.1, -0.05) is 18.2 Å². The molecule has 14 heteroatoms. The Kier molecular flexibility index (Phi) is 12.0. The van der Waals surface area contributed by atoms with Crippen LogP contribution in [0.5, 0.6) is 11.5 Å². The maximum atomic E-state index is 13.6. The molecule has 3 aromatic rings. The van der Waals surface area contributed by atoms with Gasteiger partial charge in [-0.25, -0.2) is 4.98 Å². The number of carbonyl (C=O) groups excluding carboxylic acids is 4. The molecular formula is C45H55N9O5. The Morgan fingerprint density at radius 2 is 1.56 bits per heavy atom. The minimum Gasteiger partial charge on any atom is -0.457 e. The molecule has 5 heterocycles. The van der Waals surface area contributed by atoms with Gasteiger partial charge in [0.1, 0.15) is 28.7 Å². The van der Waals surface area contributed by atoms with Gasteiger partial charge in [0.2, 0.25) is 11.8 Å². The van der Waals surface area contributed by atoms with E-state index in [0.717, 1.165) is 89.0 Å². The van der Waals surface area contributed by atoms with Gasteiger partial charge in [0.15, 0.2) is 0 Å². The number of rotatable bonds is 11. The number of hydrogen-bond acceptors (Lipinski definition) is 10. The fraction of sp³-hybridized carbons (Fsp3) is 0.467. The van der Waals surface area contributed by atoms with Gasteiger partial charge in [-0.15, -0.1) is 0 Å². The van der Waals surface area contributed by atoms with Crippen LogP contribution in [0, 0.1) is 17.8 Å². The first kappa shape index (κ1) is 40.0. The van der Waals surface area contributed by atoms with Crippen LogP contribution in [0.1, 0.15) is 72.9 Å². The van der Waals surface area contributed by atoms with Gasteiger partial charge in [0.05, 0.1) is 11.3 Å². The van der Waals surface area contributed by atoms with Crippen molar-refractivity contribution >= 4 is 41.0 Å². The predicted octanol–water partition coefficient (Wildman–Crippen LogP) is 4.18. The number of para-hydroxylation sites is 1. The fourth-order valence-corrected chi connectivity index (χ4v) is 9.32. The number of amidine groups is 1. The maximum absolute atomic E-state index is 13.6. The maximum Gasteiger partial charge on any atom is 0.255 e. The highest BCUT2D eigenvalue weighted by molar-refractivity contribution is 6.25. The summed E-state index contributed by atoms with van der Waals surface area (Å²) < 4.78 is 5.91. The van der Waals surface area contributed by atoms with E-state index in [-0.39, 0.29) is 41.0 Å². The number of piperidine rings is 2. The lowest BCUT2D eigenvalue weighted by Crippen LogP contribution is -2.53. The van der Waals surface area contributed by atoms with Crippen LogP contribution in [0.2, 0.25) is 0 Å². The smallest absolute Gasteiger partial charge is 0.255 e. The summed E-state index contributed by atoms with van der Waals surface area (Å²) in [4.78, 5) is 66.7. The molecule has 4 aliphatic heterocycles. The molecule has 59 heavy (non-hydrogen) atoms. The van der Waals surface area contributed by atoms with Crippen LogP contribution in [0.15, 0.2) is 77.4 Å². The molecule has 0 spiro atoms. The Morgan fingerprint density at radius 1 is 0.864 bits per heavy atom. The van der Waals surface area contributed by atoms with Gasteiger partial charge in [-0.3, -0.25) is 24.2 Å². The van der Waals surface area contributed by atoms with E-state index in [0.29, 0.717) is 65.8 Å². The van der Waals surface area contributed by atoms with Crippen LogP contribution in [-0.2, 0) is 20.8 Å². The number of nitrogens with one attached hydrogen (secondary N) is 2. The second-order valence-electron chi connectivity index (χ2n) is 16.8. The van der Waals surface area contributed by atoms with Gasteiger partial charge < -0.3 is 41.5 Å². The monoisotopic (exact) mass is 801 g/mol. The van der Waals surface area contributed by atoms with E-state index in [9.17, 15) is 19.2 Å². The van der Waals surface area contributed by atoms with Gasteiger partial charge >= 0.3 is 0 Å². The number of primary amides is 1. The largest absolute Gasteiger partial charge is 0.457 e. The zero-order valence-electron chi connectivity index (χ0n) is 33.8. The molecule has 0 radical (unpaired) electrons. The molecule has 0 unspecified atom stereocenters. The summed E-state index contributed by atoms with van der Waals surface area (Å²) in [7, 11) is 2.17. The van der Waals surface area contributed by atoms with E-state index in [4.69, 9.17) is 16.2 Å². The van der Waals surface area contributed by atoms with Gasteiger partial charge in [-0.05, 0) is 124 Å². The first-order valence-corrected chi connectivity index (χ1v) is 21.1. The van der Waals surface area contributed by atoms with Crippen molar-refractivity contribution in [3.63, 3.8) is 0 Å². The lowest BCUT2D eigenvalue weighted by Gasteiger charge is -2.45. The lowest BCUT2D eigenvalue weighted by atomic mass is 9.77. The molecule has 5 aliphatic rings. The molecule has 6 N–H and O–H groups in total. The third-order valence-corrected chi connectivity index (χ3v) is 13.0. The number of aliphatic imine (C=N–C) groups is 1. The zero-order valence-corrected chi connectivity index (χ0v) is 33.8. The normalized spacial score (nSPS) is 22.9. The van der Waals surface area contributed by atoms with Gasteiger partial charge in [0.25, 0.3) is 11.8 Å². The Labute approximate surface area is 345 Å². The minimum absolute atomic E-state index is 0.00510. The number of fused-ring (bicyclic) bond motifs is 1. The minimum atomic E-state index is -0.639. The number of carbonyl (C=O) groups is 4. The number of aromatic nitrogens is 1. The molecule has 0 bridgehead atoms. The Hall–Kier alpha value is -5.76. The number of hydrogen-bond donors (Lipinski definition) is 4. The molecule has 3 fully saturated rings. The van der Waals surface area contributed by atoms with Crippen molar-refractivity contribution in [2.24, 2.45) is 34.2 Å². The number of likely N-dealkylation sites (tertiary alicyclic amines) is 2. The van der Waals surface area contributed by atoms with Crippen LogP contribution in [0.3, 0.4) is 0 Å². The number of pyridine rings is 1. The number of amides is 4. The lowest BCUT2D eigenvalue weighted by molar-refractivity contribution is -0.142. The average molecular weight is 802 g/mol. The summed E-state index contributed by atoms with van der Waals surface area (Å²) in [5, 5.41) is 6.29. The van der Waals surface area contributed by atoms with Crippen molar-refractivity contribution < 1.29 is 23.9 Å². The highest BCUT2D eigenvalue weighted by Crippen LogP contribution is 2.36. The van der Waals surface area contributed by atoms with Crippen LogP contribution < -0.4 is 26.8 Å². The van der Waals surface area contributed by atoms with E-state index in [1.54, 1.807) is 6.20 Å². The summed E-state index contributed by atoms with van der Waals surface area (Å²) in [5.74, 6) is 2.86. The Bertz CT molecular complexity index is 2100. The molecule has 1 aromatic heterocycles. The quantitative estimate of drug-likeness (QED) is 0.206. The van der Waals surface area contributed by atoms with E-state index in [1.165, 1.54) is 0 Å². The average Bonchev–Trinajstić information content (AvgIpc) is 3.23. The van der Waals surface area contributed by atoms with Crippen molar-refractivity contribution in [1.29, 1.82) is 0 Å². The Morgan fingerprint density at radius 3 is 2.27 bits per heavy atom. The fourth-order valence-electron chi connectivity index (χ4n) is 9.32. The predicted molar refractivity (Wildman–Crippen MR) is 225 cm³/mol. The van der Waals surface area contributed by atoms with E-state index in [1.807, 2.05) is 70.5 Å². The second kappa shape index (κ2) is 17.6. The van der Waals surface area contributed by atoms with Gasteiger partial charge in [-0.2, -0.15) is 0 Å². The zero-order chi connectivity index (χ0) is 41.0. The third-order valence-electron chi connectivity index (χ3n) is 13.0. The highest BCUT2D eigenvalue weighted by atomic mass is 16.5. The molecule has 1 aliphatic carbocycles. The summed E-state index contributed by atoms with van der Waals surface area (Å²) in [5.41, 5.74) is 15.1. The summed E-state index contributed by atoms with van der Waals surface area (Å²) >= 11 is 0. The van der Waals surface area contributed by atoms with Crippen LogP contribution in [0.4, 0.5) is 5.82 Å². The summed E-state index contributed by atoms with van der Waals surface area (Å²) in [6.07, 6.45) is 8.85. The number of nitrogens with two attached hydrogens (primary N) is 2. The van der Waals surface area contributed by atoms with E-state index >= 15 is 0 Å². The number of benzene rings is 2. The molecule has 1 saturated carbocycles. The Balaban J connectivity index is 0.766. The first-order chi connectivity index (χ1) is 28.6. The molecule has 1 atom stereocenters.